The second kappa shape index (κ2) is 8.53. The number of rotatable bonds is 7. The first-order chi connectivity index (χ1) is 13.0. The summed E-state index contributed by atoms with van der Waals surface area (Å²) in [5.74, 6) is 1.07. The van der Waals surface area contributed by atoms with Crippen LogP contribution in [0.2, 0.25) is 5.02 Å². The number of aromatic nitrogens is 3. The molecule has 0 atom stereocenters. The maximum atomic E-state index is 13.0. The second-order valence-corrected chi connectivity index (χ2v) is 6.54. The van der Waals surface area contributed by atoms with Crippen molar-refractivity contribution < 1.29 is 17.9 Å². The van der Waals surface area contributed by atoms with Gasteiger partial charge in [0.05, 0.1) is 6.21 Å². The van der Waals surface area contributed by atoms with Gasteiger partial charge in [-0.05, 0) is 37.4 Å². The molecule has 0 saturated carbocycles. The molecule has 0 N–H and O–H groups in total. The molecule has 0 fully saturated rings. The van der Waals surface area contributed by atoms with E-state index in [1.165, 1.54) is 6.21 Å². The van der Waals surface area contributed by atoms with Crippen molar-refractivity contribution in [2.75, 3.05) is 6.26 Å². The fourth-order valence-electron chi connectivity index (χ4n) is 2.20. The summed E-state index contributed by atoms with van der Waals surface area (Å²) in [6.45, 7) is 2.06. The third-order valence-corrected chi connectivity index (χ3v) is 4.61. The van der Waals surface area contributed by atoms with E-state index in [-0.39, 0.29) is 11.8 Å². The van der Waals surface area contributed by atoms with Crippen molar-refractivity contribution in [3.63, 3.8) is 0 Å². The molecule has 2 heterocycles. The third-order valence-electron chi connectivity index (χ3n) is 3.58. The van der Waals surface area contributed by atoms with Crippen LogP contribution in [0, 0.1) is 6.92 Å². The van der Waals surface area contributed by atoms with Gasteiger partial charge in [0, 0.05) is 10.6 Å². The molecule has 0 unspecified atom stereocenters. The summed E-state index contributed by atoms with van der Waals surface area (Å²) in [6, 6.07) is 8.78. The molecule has 0 saturated heterocycles. The van der Waals surface area contributed by atoms with Crippen molar-refractivity contribution in [3.05, 3.63) is 58.3 Å². The minimum Gasteiger partial charge on any atom is -0.485 e. The molecule has 10 heteroatoms. The number of hydrogen-bond acceptors (Lipinski definition) is 6. The lowest BCUT2D eigenvalue weighted by Crippen LogP contribution is -2.00. The van der Waals surface area contributed by atoms with Crippen LogP contribution < -0.4 is 4.74 Å². The molecule has 142 valence electrons. The zero-order valence-corrected chi connectivity index (χ0v) is 16.0. The monoisotopic (exact) mass is 412 g/mol. The van der Waals surface area contributed by atoms with Gasteiger partial charge in [0.2, 0.25) is 11.0 Å². The van der Waals surface area contributed by atoms with E-state index in [1.54, 1.807) is 30.5 Å². The topological polar surface area (TPSA) is 65.4 Å². The van der Waals surface area contributed by atoms with Crippen LogP contribution in [0.4, 0.5) is 8.78 Å². The van der Waals surface area contributed by atoms with Crippen molar-refractivity contribution in [3.8, 4) is 5.75 Å². The van der Waals surface area contributed by atoms with Crippen LogP contribution in [0.5, 0.6) is 5.75 Å². The molecule has 27 heavy (non-hydrogen) atoms. The van der Waals surface area contributed by atoms with E-state index in [1.807, 2.05) is 13.0 Å². The van der Waals surface area contributed by atoms with Crippen molar-refractivity contribution in [1.82, 2.24) is 14.9 Å². The van der Waals surface area contributed by atoms with E-state index < -0.39 is 12.2 Å². The van der Waals surface area contributed by atoms with Gasteiger partial charge in [0.1, 0.15) is 23.9 Å². The number of furan rings is 1. The van der Waals surface area contributed by atoms with Crippen LogP contribution >= 0.6 is 23.4 Å². The Balaban J connectivity index is 1.70. The number of benzene rings is 1. The van der Waals surface area contributed by atoms with Gasteiger partial charge in [-0.2, -0.15) is 9.78 Å². The molecule has 0 spiro atoms. The fraction of sp³-hybridized carbons (Fsp3) is 0.235. The molecule has 1 aromatic carbocycles. The van der Waals surface area contributed by atoms with E-state index in [0.717, 1.165) is 22.0 Å². The lowest BCUT2D eigenvalue weighted by Gasteiger charge is -2.08. The number of alkyl halides is 2. The highest BCUT2D eigenvalue weighted by molar-refractivity contribution is 7.98. The highest BCUT2D eigenvalue weighted by Crippen LogP contribution is 2.26. The number of thioether (sulfide) groups is 1. The summed E-state index contributed by atoms with van der Waals surface area (Å²) in [4.78, 5) is 0. The molecule has 0 aliphatic rings. The van der Waals surface area contributed by atoms with Crippen LogP contribution in [-0.2, 0) is 6.61 Å². The van der Waals surface area contributed by atoms with Crippen LogP contribution in [0.3, 0.4) is 0 Å². The molecule has 3 rings (SSSR count). The second-order valence-electron chi connectivity index (χ2n) is 5.36. The van der Waals surface area contributed by atoms with Crippen LogP contribution in [0.1, 0.15) is 29.3 Å². The van der Waals surface area contributed by atoms with E-state index in [4.69, 9.17) is 20.8 Å². The minimum atomic E-state index is -2.78. The van der Waals surface area contributed by atoms with Gasteiger partial charge in [-0.15, -0.1) is 10.2 Å². The molecular weight excluding hydrogens is 398 g/mol. The largest absolute Gasteiger partial charge is 0.485 e. The summed E-state index contributed by atoms with van der Waals surface area (Å²) >= 11 is 7.22. The maximum absolute atomic E-state index is 13.0. The lowest BCUT2D eigenvalue weighted by atomic mass is 10.2. The maximum Gasteiger partial charge on any atom is 0.299 e. The lowest BCUT2D eigenvalue weighted by molar-refractivity contribution is 0.135. The van der Waals surface area contributed by atoms with Crippen LogP contribution in [-0.4, -0.2) is 27.3 Å². The Morgan fingerprint density at radius 1 is 1.33 bits per heavy atom. The predicted molar refractivity (Wildman–Crippen MR) is 99.0 cm³/mol. The Bertz CT molecular complexity index is 958. The molecule has 0 amide bonds. The van der Waals surface area contributed by atoms with Crippen molar-refractivity contribution >= 4 is 29.6 Å². The van der Waals surface area contributed by atoms with Gasteiger partial charge in [-0.1, -0.05) is 29.4 Å². The van der Waals surface area contributed by atoms with Crippen molar-refractivity contribution in [2.24, 2.45) is 5.10 Å². The van der Waals surface area contributed by atoms with E-state index >= 15 is 0 Å². The Morgan fingerprint density at radius 3 is 2.89 bits per heavy atom. The number of ether oxygens (including phenoxy) is 1. The van der Waals surface area contributed by atoms with Gasteiger partial charge >= 0.3 is 0 Å². The first-order valence-corrected chi connectivity index (χ1v) is 9.38. The van der Waals surface area contributed by atoms with E-state index in [0.29, 0.717) is 22.3 Å². The van der Waals surface area contributed by atoms with Crippen LogP contribution in [0.15, 0.2) is 45.0 Å². The zero-order valence-electron chi connectivity index (χ0n) is 14.4. The minimum absolute atomic E-state index is 0.194. The summed E-state index contributed by atoms with van der Waals surface area (Å²) in [7, 11) is 0. The summed E-state index contributed by atoms with van der Waals surface area (Å²) in [6.07, 6.45) is 0.242. The Kier molecular flexibility index (Phi) is 6.12. The Labute approximate surface area is 163 Å². The fourth-order valence-corrected chi connectivity index (χ4v) is 2.80. The van der Waals surface area contributed by atoms with Gasteiger partial charge in [-0.3, -0.25) is 0 Å². The number of halogens is 3. The molecule has 3 aromatic rings. The number of hydrogen-bond donors (Lipinski definition) is 0. The molecule has 0 radical (unpaired) electrons. The standard InChI is InChI=1S/C17H15ClF2N4O2S/c1-10-13(18)4-3-5-14(10)25-9-12-7-6-11(26-12)8-21-24-16(15(19)20)22-23-17(24)27-2/h3-8,15H,9H2,1-2H3. The average molecular weight is 413 g/mol. The third kappa shape index (κ3) is 4.48. The number of nitrogens with zero attached hydrogens (tertiary/aromatic N) is 4. The van der Waals surface area contributed by atoms with Gasteiger partial charge in [-0.25, -0.2) is 8.78 Å². The normalized spacial score (nSPS) is 11.6. The molecule has 0 aliphatic heterocycles. The SMILES string of the molecule is CSc1nnc(C(F)F)n1N=Cc1ccc(COc2cccc(Cl)c2C)o1. The Hall–Kier alpha value is -2.39. The average Bonchev–Trinajstić information content (AvgIpc) is 3.27. The zero-order chi connectivity index (χ0) is 19.4. The van der Waals surface area contributed by atoms with E-state index in [9.17, 15) is 8.78 Å². The molecule has 6 nitrogen and oxygen atoms in total. The molecule has 2 aromatic heterocycles. The summed E-state index contributed by atoms with van der Waals surface area (Å²) in [5.41, 5.74) is 0.837. The Morgan fingerprint density at radius 2 is 2.15 bits per heavy atom. The first kappa shape index (κ1) is 19.4. The van der Waals surface area contributed by atoms with Crippen molar-refractivity contribution in [1.29, 1.82) is 0 Å². The molecule has 0 bridgehead atoms. The first-order valence-electron chi connectivity index (χ1n) is 7.78. The smallest absolute Gasteiger partial charge is 0.299 e. The summed E-state index contributed by atoms with van der Waals surface area (Å²) < 4.78 is 38.2. The van der Waals surface area contributed by atoms with E-state index in [2.05, 4.69) is 15.3 Å². The molecule has 0 aliphatic carbocycles. The quantitative estimate of drug-likeness (QED) is 0.405. The predicted octanol–water partition coefficient (Wildman–Crippen LogP) is 4.95. The van der Waals surface area contributed by atoms with Gasteiger partial charge in [0.25, 0.3) is 6.43 Å². The van der Waals surface area contributed by atoms with Gasteiger partial charge < -0.3 is 9.15 Å². The van der Waals surface area contributed by atoms with Crippen LogP contribution in [0.25, 0.3) is 0 Å². The molecular formula is C17H15ClF2N4O2S. The highest BCUT2D eigenvalue weighted by atomic mass is 35.5. The van der Waals surface area contributed by atoms with Gasteiger partial charge in [0.15, 0.2) is 0 Å². The highest BCUT2D eigenvalue weighted by Gasteiger charge is 2.19. The summed E-state index contributed by atoms with van der Waals surface area (Å²) in [5, 5.41) is 12.0. The van der Waals surface area contributed by atoms with Crippen molar-refractivity contribution in [2.45, 2.75) is 25.1 Å².